The summed E-state index contributed by atoms with van der Waals surface area (Å²) in [5.41, 5.74) is 1.64. The fraction of sp³-hybridized carbons (Fsp3) is 0.0526. The van der Waals surface area contributed by atoms with Gasteiger partial charge in [0, 0.05) is 22.5 Å². The summed E-state index contributed by atoms with van der Waals surface area (Å²) in [6.45, 7) is 0. The van der Waals surface area contributed by atoms with Gasteiger partial charge in [0.2, 0.25) is 0 Å². The van der Waals surface area contributed by atoms with E-state index in [0.29, 0.717) is 16.3 Å². The lowest BCUT2D eigenvalue weighted by molar-refractivity contribution is 0.103. The van der Waals surface area contributed by atoms with E-state index in [0.717, 1.165) is 21.1 Å². The van der Waals surface area contributed by atoms with Crippen molar-refractivity contribution >= 4 is 44.1 Å². The van der Waals surface area contributed by atoms with Gasteiger partial charge in [0.1, 0.15) is 10.6 Å². The molecule has 2 aromatic carbocycles. The number of rotatable bonds is 3. The first kappa shape index (κ1) is 14.7. The molecule has 0 saturated heterocycles. The molecule has 0 aliphatic heterocycles. The second-order valence-electron chi connectivity index (χ2n) is 5.37. The number of thiophene rings is 1. The maximum Gasteiger partial charge on any atom is 0.265 e. The topological polar surface area (TPSA) is 51.2 Å². The molecule has 0 aliphatic rings. The number of fused-ring (bicyclic) bond motifs is 2. The van der Waals surface area contributed by atoms with Gasteiger partial charge < -0.3 is 10.1 Å². The summed E-state index contributed by atoms with van der Waals surface area (Å²) in [5, 5.41) is 4.95. The van der Waals surface area contributed by atoms with Crippen LogP contribution in [0.5, 0.6) is 5.75 Å². The smallest absolute Gasteiger partial charge is 0.265 e. The molecule has 24 heavy (non-hydrogen) atoms. The van der Waals surface area contributed by atoms with Crippen LogP contribution in [0.4, 0.5) is 5.69 Å². The lowest BCUT2D eigenvalue weighted by Gasteiger charge is -2.05. The van der Waals surface area contributed by atoms with E-state index < -0.39 is 0 Å². The number of pyridine rings is 1. The second-order valence-corrected chi connectivity index (χ2v) is 6.40. The fourth-order valence-electron chi connectivity index (χ4n) is 2.58. The number of hydrogen-bond acceptors (Lipinski definition) is 4. The highest BCUT2D eigenvalue weighted by Gasteiger charge is 2.12. The van der Waals surface area contributed by atoms with E-state index in [1.165, 1.54) is 11.3 Å². The predicted octanol–water partition coefficient (Wildman–Crippen LogP) is 4.71. The van der Waals surface area contributed by atoms with Crippen LogP contribution < -0.4 is 10.1 Å². The van der Waals surface area contributed by atoms with Crippen molar-refractivity contribution < 1.29 is 9.53 Å². The molecule has 4 rings (SSSR count). The fourth-order valence-corrected chi connectivity index (χ4v) is 3.50. The molecule has 0 bridgehead atoms. The standard InChI is InChI=1S/C19H14N2O2S/c1-23-15-7-4-6-14(11-15)20-18(22)17-10-13-9-12-5-2-3-8-16(12)21-19(13)24-17/h2-11H,1H3,(H,20,22). The summed E-state index contributed by atoms with van der Waals surface area (Å²) in [5.74, 6) is 0.562. The highest BCUT2D eigenvalue weighted by atomic mass is 32.1. The summed E-state index contributed by atoms with van der Waals surface area (Å²) >= 11 is 1.40. The quantitative estimate of drug-likeness (QED) is 0.590. The molecule has 0 atom stereocenters. The van der Waals surface area contributed by atoms with E-state index in [1.807, 2.05) is 48.5 Å². The molecule has 2 aromatic heterocycles. The number of carbonyl (C=O) groups excluding carboxylic acids is 1. The monoisotopic (exact) mass is 334 g/mol. The Morgan fingerprint density at radius 2 is 1.92 bits per heavy atom. The molecule has 0 unspecified atom stereocenters. The van der Waals surface area contributed by atoms with Gasteiger partial charge in [0.25, 0.3) is 5.91 Å². The highest BCUT2D eigenvalue weighted by molar-refractivity contribution is 7.20. The van der Waals surface area contributed by atoms with Crippen LogP contribution in [-0.4, -0.2) is 18.0 Å². The van der Waals surface area contributed by atoms with Gasteiger partial charge in [0.15, 0.2) is 0 Å². The molecule has 1 N–H and O–H groups in total. The van der Waals surface area contributed by atoms with E-state index in [9.17, 15) is 4.79 Å². The number of benzene rings is 2. The number of para-hydroxylation sites is 1. The molecule has 0 radical (unpaired) electrons. The minimum Gasteiger partial charge on any atom is -0.497 e. The number of aromatic nitrogens is 1. The Morgan fingerprint density at radius 3 is 2.79 bits per heavy atom. The van der Waals surface area contributed by atoms with Crippen molar-refractivity contribution in [1.82, 2.24) is 4.98 Å². The number of hydrogen-bond donors (Lipinski definition) is 1. The number of amides is 1. The van der Waals surface area contributed by atoms with Crippen LogP contribution in [-0.2, 0) is 0 Å². The molecular weight excluding hydrogens is 320 g/mol. The Hall–Kier alpha value is -2.92. The summed E-state index contributed by atoms with van der Waals surface area (Å²) < 4.78 is 5.18. The van der Waals surface area contributed by atoms with E-state index in [-0.39, 0.29) is 5.91 Å². The van der Waals surface area contributed by atoms with Crippen molar-refractivity contribution in [3.63, 3.8) is 0 Å². The number of nitrogens with zero attached hydrogens (tertiary/aromatic N) is 1. The molecule has 0 spiro atoms. The summed E-state index contributed by atoms with van der Waals surface area (Å²) in [7, 11) is 1.60. The first-order valence-corrected chi connectivity index (χ1v) is 8.29. The average Bonchev–Trinajstić information content (AvgIpc) is 3.03. The predicted molar refractivity (Wildman–Crippen MR) is 98.1 cm³/mol. The van der Waals surface area contributed by atoms with Crippen molar-refractivity contribution in [2.24, 2.45) is 0 Å². The largest absolute Gasteiger partial charge is 0.497 e. The van der Waals surface area contributed by atoms with Crippen LogP contribution >= 0.6 is 11.3 Å². The maximum absolute atomic E-state index is 12.5. The zero-order valence-electron chi connectivity index (χ0n) is 12.9. The molecule has 0 saturated carbocycles. The first-order valence-electron chi connectivity index (χ1n) is 7.48. The average molecular weight is 334 g/mol. The van der Waals surface area contributed by atoms with Crippen LogP contribution in [0, 0.1) is 0 Å². The minimum absolute atomic E-state index is 0.143. The molecule has 118 valence electrons. The zero-order chi connectivity index (χ0) is 16.5. The van der Waals surface area contributed by atoms with E-state index in [2.05, 4.69) is 16.4 Å². The molecule has 1 amide bonds. The lowest BCUT2D eigenvalue weighted by atomic mass is 10.2. The molecule has 4 aromatic rings. The Labute approximate surface area is 142 Å². The van der Waals surface area contributed by atoms with E-state index >= 15 is 0 Å². The van der Waals surface area contributed by atoms with Crippen LogP contribution in [0.15, 0.2) is 60.7 Å². The van der Waals surface area contributed by atoms with Gasteiger partial charge in [-0.05, 0) is 30.3 Å². The van der Waals surface area contributed by atoms with Gasteiger partial charge in [-0.15, -0.1) is 11.3 Å². The number of carbonyl (C=O) groups is 1. The molecular formula is C19H14N2O2S. The van der Waals surface area contributed by atoms with Crippen molar-refractivity contribution in [2.75, 3.05) is 12.4 Å². The maximum atomic E-state index is 12.5. The van der Waals surface area contributed by atoms with Gasteiger partial charge in [-0.25, -0.2) is 4.98 Å². The normalized spacial score (nSPS) is 10.9. The third kappa shape index (κ3) is 2.70. The highest BCUT2D eigenvalue weighted by Crippen LogP contribution is 2.28. The number of anilines is 1. The Morgan fingerprint density at radius 1 is 1.04 bits per heavy atom. The summed E-state index contributed by atoms with van der Waals surface area (Å²) in [4.78, 5) is 18.6. The van der Waals surface area contributed by atoms with Crippen molar-refractivity contribution in [2.45, 2.75) is 0 Å². The summed E-state index contributed by atoms with van der Waals surface area (Å²) in [6, 6.07) is 19.2. The van der Waals surface area contributed by atoms with Crippen molar-refractivity contribution in [1.29, 1.82) is 0 Å². The van der Waals surface area contributed by atoms with Crippen LogP contribution in [0.2, 0.25) is 0 Å². The molecule has 0 aliphatic carbocycles. The minimum atomic E-state index is -0.143. The number of nitrogens with one attached hydrogen (secondary N) is 1. The van der Waals surface area contributed by atoms with E-state index in [1.54, 1.807) is 13.2 Å². The summed E-state index contributed by atoms with van der Waals surface area (Å²) in [6.07, 6.45) is 0. The third-order valence-corrected chi connectivity index (χ3v) is 4.80. The third-order valence-electron chi connectivity index (χ3n) is 3.76. The van der Waals surface area contributed by atoms with Crippen LogP contribution in [0.3, 0.4) is 0 Å². The Bertz CT molecular complexity index is 1000. The van der Waals surface area contributed by atoms with Crippen molar-refractivity contribution in [3.05, 3.63) is 65.5 Å². The number of methoxy groups -OCH3 is 1. The molecule has 4 nitrogen and oxygen atoms in total. The van der Waals surface area contributed by atoms with Crippen molar-refractivity contribution in [3.8, 4) is 5.75 Å². The van der Waals surface area contributed by atoms with Gasteiger partial charge in [-0.3, -0.25) is 4.79 Å². The van der Waals surface area contributed by atoms with Crippen LogP contribution in [0.25, 0.3) is 21.1 Å². The molecule has 2 heterocycles. The Balaban J connectivity index is 1.67. The lowest BCUT2D eigenvalue weighted by Crippen LogP contribution is -2.09. The van der Waals surface area contributed by atoms with Gasteiger partial charge >= 0.3 is 0 Å². The van der Waals surface area contributed by atoms with Gasteiger partial charge in [-0.2, -0.15) is 0 Å². The molecule has 0 fully saturated rings. The Kier molecular flexibility index (Phi) is 3.63. The van der Waals surface area contributed by atoms with Gasteiger partial charge in [-0.1, -0.05) is 24.3 Å². The van der Waals surface area contributed by atoms with Gasteiger partial charge in [0.05, 0.1) is 17.5 Å². The van der Waals surface area contributed by atoms with E-state index in [4.69, 9.17) is 4.74 Å². The molecule has 5 heteroatoms. The van der Waals surface area contributed by atoms with Crippen LogP contribution in [0.1, 0.15) is 9.67 Å². The number of ether oxygens (including phenoxy) is 1. The first-order chi connectivity index (χ1) is 11.7. The second kappa shape index (κ2) is 5.94. The SMILES string of the molecule is COc1cccc(NC(=O)c2cc3cc4ccccc4nc3s2)c1. The zero-order valence-corrected chi connectivity index (χ0v) is 13.8.